The summed E-state index contributed by atoms with van der Waals surface area (Å²) in [7, 11) is 4.07. The molecule has 5 heteroatoms. The first-order valence-electron chi connectivity index (χ1n) is 6.78. The Morgan fingerprint density at radius 3 is 2.68 bits per heavy atom. The number of rotatable bonds is 4. The van der Waals surface area contributed by atoms with E-state index in [0.29, 0.717) is 24.4 Å². The molecule has 19 heavy (non-hydrogen) atoms. The minimum atomic E-state index is -0.381. The maximum absolute atomic E-state index is 11.3. The third-order valence-electron chi connectivity index (χ3n) is 4.00. The summed E-state index contributed by atoms with van der Waals surface area (Å²) in [5.74, 6) is 0.266. The maximum atomic E-state index is 11.3. The van der Waals surface area contributed by atoms with Gasteiger partial charge in [0.25, 0.3) is 0 Å². The van der Waals surface area contributed by atoms with Crippen LogP contribution in [0.4, 0.5) is 0 Å². The zero-order valence-corrected chi connectivity index (χ0v) is 11.6. The Morgan fingerprint density at radius 1 is 1.42 bits per heavy atom. The average molecular weight is 266 g/mol. The van der Waals surface area contributed by atoms with Crippen LogP contribution in [0.5, 0.6) is 5.75 Å². The highest BCUT2D eigenvalue weighted by Crippen LogP contribution is 2.23. The van der Waals surface area contributed by atoms with E-state index in [2.05, 4.69) is 17.3 Å². The molecule has 1 aromatic rings. The lowest BCUT2D eigenvalue weighted by molar-refractivity contribution is 0.159. The molecule has 1 saturated carbocycles. The second-order valence-corrected chi connectivity index (χ2v) is 5.31. The quantitative estimate of drug-likeness (QED) is 0.860. The van der Waals surface area contributed by atoms with Crippen LogP contribution in [0.3, 0.4) is 0 Å². The van der Waals surface area contributed by atoms with Crippen LogP contribution in [0.15, 0.2) is 21.5 Å². The molecular weight excluding hydrogens is 244 g/mol. The molecule has 1 aliphatic rings. The molecular formula is C14H22N2O3. The summed E-state index contributed by atoms with van der Waals surface area (Å²) in [6.45, 7) is 0.602. The number of hydrogen-bond acceptors (Lipinski definition) is 5. The molecule has 2 N–H and O–H groups in total. The Labute approximate surface area is 113 Å². The summed E-state index contributed by atoms with van der Waals surface area (Å²) in [6.07, 6.45) is 5.80. The van der Waals surface area contributed by atoms with Gasteiger partial charge in [-0.15, -0.1) is 0 Å². The molecule has 1 fully saturated rings. The first kappa shape index (κ1) is 14.1. The van der Waals surface area contributed by atoms with Gasteiger partial charge < -0.3 is 14.8 Å². The van der Waals surface area contributed by atoms with Gasteiger partial charge in [-0.1, -0.05) is 0 Å². The highest BCUT2D eigenvalue weighted by atomic mass is 16.4. The van der Waals surface area contributed by atoms with E-state index in [1.807, 2.05) is 7.05 Å². The largest absolute Gasteiger partial charge is 0.502 e. The zero-order chi connectivity index (χ0) is 13.8. The minimum Gasteiger partial charge on any atom is -0.502 e. The Bertz CT molecular complexity index is 464. The van der Waals surface area contributed by atoms with Crippen molar-refractivity contribution in [2.45, 2.75) is 44.3 Å². The average Bonchev–Trinajstić information content (AvgIpc) is 2.43. The predicted octanol–water partition coefficient (Wildman–Crippen LogP) is 1.31. The summed E-state index contributed by atoms with van der Waals surface area (Å²) in [6, 6.07) is 2.53. The summed E-state index contributed by atoms with van der Waals surface area (Å²) in [5.41, 5.74) is -0.381. The third-order valence-corrected chi connectivity index (χ3v) is 4.00. The highest BCUT2D eigenvalue weighted by molar-refractivity contribution is 5.15. The fraction of sp³-hybridized carbons (Fsp3) is 0.643. The van der Waals surface area contributed by atoms with Crippen molar-refractivity contribution in [3.05, 3.63) is 28.3 Å². The molecule has 0 spiro atoms. The molecule has 0 bridgehead atoms. The van der Waals surface area contributed by atoms with Crippen LogP contribution in [-0.4, -0.2) is 36.2 Å². The van der Waals surface area contributed by atoms with Crippen molar-refractivity contribution < 1.29 is 9.52 Å². The van der Waals surface area contributed by atoms with Gasteiger partial charge in [0.2, 0.25) is 5.43 Å². The molecule has 0 aliphatic heterocycles. The first-order valence-corrected chi connectivity index (χ1v) is 6.78. The molecule has 1 heterocycles. The number of nitrogens with one attached hydrogen (secondary N) is 1. The van der Waals surface area contributed by atoms with E-state index in [1.165, 1.54) is 18.9 Å². The standard InChI is InChI=1S/C14H22N2O3/c1-15-10-3-5-11(6-4-10)16(2)8-12-7-13(17)14(18)9-19-12/h7,9-11,15,18H,3-6,8H2,1-2H3. The molecule has 5 nitrogen and oxygen atoms in total. The molecule has 1 aliphatic carbocycles. The fourth-order valence-corrected chi connectivity index (χ4v) is 2.71. The second-order valence-electron chi connectivity index (χ2n) is 5.31. The smallest absolute Gasteiger partial charge is 0.226 e. The second kappa shape index (κ2) is 6.21. The molecule has 1 aromatic heterocycles. The van der Waals surface area contributed by atoms with Crippen LogP contribution in [0.2, 0.25) is 0 Å². The van der Waals surface area contributed by atoms with Gasteiger partial charge >= 0.3 is 0 Å². The van der Waals surface area contributed by atoms with Crippen molar-refractivity contribution in [2.24, 2.45) is 0 Å². The monoisotopic (exact) mass is 266 g/mol. The van der Waals surface area contributed by atoms with Crippen molar-refractivity contribution in [1.29, 1.82) is 0 Å². The maximum Gasteiger partial charge on any atom is 0.226 e. The van der Waals surface area contributed by atoms with Gasteiger partial charge in [0.05, 0.1) is 6.54 Å². The van der Waals surface area contributed by atoms with Crippen LogP contribution in [0, 0.1) is 0 Å². The molecule has 0 atom stereocenters. The van der Waals surface area contributed by atoms with E-state index in [0.717, 1.165) is 19.1 Å². The summed E-state index contributed by atoms with van der Waals surface area (Å²) >= 11 is 0. The van der Waals surface area contributed by atoms with E-state index in [4.69, 9.17) is 9.52 Å². The molecule has 0 saturated heterocycles. The van der Waals surface area contributed by atoms with Crippen LogP contribution >= 0.6 is 0 Å². The molecule has 2 rings (SSSR count). The van der Waals surface area contributed by atoms with Crippen LogP contribution in [-0.2, 0) is 6.54 Å². The molecule has 106 valence electrons. The summed E-state index contributed by atoms with van der Waals surface area (Å²) in [4.78, 5) is 13.6. The molecule has 0 unspecified atom stereocenters. The van der Waals surface area contributed by atoms with Crippen LogP contribution in [0.25, 0.3) is 0 Å². The number of hydrogen-bond donors (Lipinski definition) is 2. The normalized spacial score (nSPS) is 23.7. The van der Waals surface area contributed by atoms with E-state index in [9.17, 15) is 4.79 Å². The Morgan fingerprint density at radius 2 is 2.11 bits per heavy atom. The molecule has 0 amide bonds. The van der Waals surface area contributed by atoms with Crippen molar-refractivity contribution in [3.8, 4) is 5.75 Å². The highest BCUT2D eigenvalue weighted by Gasteiger charge is 2.23. The van der Waals surface area contributed by atoms with Crippen molar-refractivity contribution >= 4 is 0 Å². The summed E-state index contributed by atoms with van der Waals surface area (Å²) < 4.78 is 5.24. The van der Waals surface area contributed by atoms with E-state index < -0.39 is 0 Å². The zero-order valence-electron chi connectivity index (χ0n) is 11.6. The Balaban J connectivity index is 1.92. The van der Waals surface area contributed by atoms with Crippen LogP contribution < -0.4 is 10.7 Å². The van der Waals surface area contributed by atoms with E-state index >= 15 is 0 Å². The van der Waals surface area contributed by atoms with Crippen LogP contribution in [0.1, 0.15) is 31.4 Å². The van der Waals surface area contributed by atoms with Crippen molar-refractivity contribution in [2.75, 3.05) is 14.1 Å². The topological polar surface area (TPSA) is 65.7 Å². The lowest BCUT2D eigenvalue weighted by atomic mass is 9.90. The van der Waals surface area contributed by atoms with E-state index in [1.54, 1.807) is 0 Å². The summed E-state index contributed by atoms with van der Waals surface area (Å²) in [5, 5.41) is 12.5. The number of nitrogens with zero attached hydrogens (tertiary/aromatic N) is 1. The van der Waals surface area contributed by atoms with Crippen molar-refractivity contribution in [1.82, 2.24) is 10.2 Å². The van der Waals surface area contributed by atoms with Gasteiger partial charge in [0.15, 0.2) is 5.75 Å². The van der Waals surface area contributed by atoms with Gasteiger partial charge in [-0.2, -0.15) is 0 Å². The van der Waals surface area contributed by atoms with Crippen molar-refractivity contribution in [3.63, 3.8) is 0 Å². The minimum absolute atomic E-state index is 0.332. The Hall–Kier alpha value is -1.33. The Kier molecular flexibility index (Phi) is 4.61. The SMILES string of the molecule is CNC1CCC(N(C)Cc2cc(=O)c(O)co2)CC1. The lowest BCUT2D eigenvalue weighted by Gasteiger charge is -2.34. The predicted molar refractivity (Wildman–Crippen MR) is 73.2 cm³/mol. The van der Waals surface area contributed by atoms with Gasteiger partial charge in [0, 0.05) is 18.2 Å². The lowest BCUT2D eigenvalue weighted by Crippen LogP contribution is -2.39. The third kappa shape index (κ3) is 3.58. The van der Waals surface area contributed by atoms with E-state index in [-0.39, 0.29) is 11.2 Å². The first-order chi connectivity index (χ1) is 9.10. The molecule has 0 aromatic carbocycles. The number of aromatic hydroxyl groups is 1. The van der Waals surface area contributed by atoms with Gasteiger partial charge in [-0.25, -0.2) is 0 Å². The fourth-order valence-electron chi connectivity index (χ4n) is 2.71. The van der Waals surface area contributed by atoms with Gasteiger partial charge in [-0.05, 0) is 39.8 Å². The van der Waals surface area contributed by atoms with Gasteiger partial charge in [-0.3, -0.25) is 9.69 Å². The molecule has 0 radical (unpaired) electrons. The van der Waals surface area contributed by atoms with Gasteiger partial charge in [0.1, 0.15) is 12.0 Å².